The highest BCUT2D eigenvalue weighted by Crippen LogP contribution is 2.28. The lowest BCUT2D eigenvalue weighted by molar-refractivity contribution is 0.602. The Morgan fingerprint density at radius 1 is 1.21 bits per heavy atom. The second-order valence-corrected chi connectivity index (χ2v) is 7.85. The largest absolute Gasteiger partial charge is 0.360 e. The van der Waals surface area contributed by atoms with E-state index >= 15 is 0 Å². The van der Waals surface area contributed by atoms with E-state index in [-0.39, 0.29) is 4.34 Å². The van der Waals surface area contributed by atoms with E-state index in [4.69, 9.17) is 0 Å². The first-order valence-electron chi connectivity index (χ1n) is 6.74. The van der Waals surface area contributed by atoms with Crippen LogP contribution in [0.1, 0.15) is 0 Å². The van der Waals surface area contributed by atoms with Gasteiger partial charge in [-0.05, 0) is 36.4 Å². The molecule has 0 amide bonds. The smallest absolute Gasteiger partial charge is 0.245 e. The van der Waals surface area contributed by atoms with Crippen molar-refractivity contribution in [2.24, 2.45) is 0 Å². The number of thiazole rings is 1. The van der Waals surface area contributed by atoms with Crippen LogP contribution in [0.3, 0.4) is 0 Å². The number of aromatic nitrogens is 1. The van der Waals surface area contributed by atoms with E-state index in [0.29, 0.717) is 11.2 Å². The highest BCUT2D eigenvalue weighted by molar-refractivity contribution is 7.97. The second kappa shape index (κ2) is 6.39. The van der Waals surface area contributed by atoms with E-state index in [2.05, 4.69) is 10.3 Å². The summed E-state index contributed by atoms with van der Waals surface area (Å²) in [6, 6.07) is 14.0. The number of fused-ring (bicyclic) bond motifs is 1. The molecule has 24 heavy (non-hydrogen) atoms. The lowest BCUT2D eigenvalue weighted by atomic mass is 10.3. The molecule has 2 aromatic carbocycles. The van der Waals surface area contributed by atoms with Crippen molar-refractivity contribution in [2.75, 3.05) is 5.32 Å². The molecule has 5 nitrogen and oxygen atoms in total. The Balaban J connectivity index is 1.95. The molecule has 0 saturated carbocycles. The first kappa shape index (κ1) is 16.1. The number of hydrogen-bond acceptors (Lipinski definition) is 6. The van der Waals surface area contributed by atoms with Crippen molar-refractivity contribution >= 4 is 37.1 Å². The van der Waals surface area contributed by atoms with E-state index in [1.54, 1.807) is 30.3 Å². The number of nitriles is 1. The number of nitrogens with one attached hydrogen (secondary N) is 1. The summed E-state index contributed by atoms with van der Waals surface area (Å²) in [5.74, 6) is -0.410. The minimum Gasteiger partial charge on any atom is -0.360 e. The molecule has 0 fully saturated rings. The minimum absolute atomic E-state index is 0.141. The van der Waals surface area contributed by atoms with Gasteiger partial charge in [-0.2, -0.15) is 5.26 Å². The molecule has 0 bridgehead atoms. The van der Waals surface area contributed by atoms with E-state index in [1.165, 1.54) is 24.3 Å². The highest BCUT2D eigenvalue weighted by Gasteiger charge is 2.25. The molecule has 0 unspecified atom stereocenters. The number of rotatable bonds is 4. The van der Waals surface area contributed by atoms with Crippen molar-refractivity contribution < 1.29 is 12.8 Å². The zero-order chi connectivity index (χ0) is 17.2. The van der Waals surface area contributed by atoms with Crippen LogP contribution in [0.25, 0.3) is 10.2 Å². The van der Waals surface area contributed by atoms with Gasteiger partial charge in [-0.1, -0.05) is 12.1 Å². The van der Waals surface area contributed by atoms with Crippen LogP contribution >= 0.6 is 11.3 Å². The Labute approximate surface area is 141 Å². The molecule has 1 aromatic heterocycles. The molecule has 0 aliphatic rings. The van der Waals surface area contributed by atoms with Crippen LogP contribution in [0.4, 0.5) is 10.1 Å². The predicted octanol–water partition coefficient (Wildman–Crippen LogP) is 3.69. The van der Waals surface area contributed by atoms with Gasteiger partial charge in [0.15, 0.2) is 4.91 Å². The van der Waals surface area contributed by atoms with Crippen LogP contribution in [0, 0.1) is 17.1 Å². The lowest BCUT2D eigenvalue weighted by Crippen LogP contribution is -2.05. The molecule has 120 valence electrons. The Kier molecular flexibility index (Phi) is 4.29. The number of hydrogen-bond donors (Lipinski definition) is 1. The van der Waals surface area contributed by atoms with Gasteiger partial charge in [0.05, 0.1) is 10.2 Å². The van der Waals surface area contributed by atoms with Gasteiger partial charge in [-0.25, -0.2) is 17.8 Å². The van der Waals surface area contributed by atoms with Gasteiger partial charge in [-0.15, -0.1) is 11.3 Å². The van der Waals surface area contributed by atoms with Crippen molar-refractivity contribution in [1.29, 1.82) is 5.26 Å². The van der Waals surface area contributed by atoms with Crippen molar-refractivity contribution in [2.45, 2.75) is 4.34 Å². The summed E-state index contributed by atoms with van der Waals surface area (Å²) >= 11 is 1.00. The Bertz CT molecular complexity index is 1030. The van der Waals surface area contributed by atoms with Crippen LogP contribution < -0.4 is 5.32 Å². The molecule has 3 rings (SSSR count). The summed E-state index contributed by atoms with van der Waals surface area (Å²) in [7, 11) is -4.02. The fourth-order valence-electron chi connectivity index (χ4n) is 1.93. The molecule has 1 N–H and O–H groups in total. The molecule has 3 aromatic rings. The lowest BCUT2D eigenvalue weighted by Gasteiger charge is -2.02. The van der Waals surface area contributed by atoms with Crippen molar-refractivity contribution in [1.82, 2.24) is 4.98 Å². The maximum Gasteiger partial charge on any atom is 0.245 e. The number of para-hydroxylation sites is 1. The molecule has 8 heteroatoms. The summed E-state index contributed by atoms with van der Waals surface area (Å²) in [5, 5.41) is 11.9. The van der Waals surface area contributed by atoms with Gasteiger partial charge in [0, 0.05) is 11.9 Å². The SMILES string of the molecule is N#C/C(=C\Nc1ccc(F)cc1)S(=O)(=O)c1nc2ccccc2s1. The molecule has 0 atom stereocenters. The van der Waals surface area contributed by atoms with Crippen LogP contribution in [0.2, 0.25) is 0 Å². The zero-order valence-corrected chi connectivity index (χ0v) is 13.7. The number of nitrogens with zero attached hydrogens (tertiary/aromatic N) is 2. The van der Waals surface area contributed by atoms with Crippen LogP contribution in [-0.2, 0) is 9.84 Å². The molecular weight excluding hydrogens is 349 g/mol. The Morgan fingerprint density at radius 2 is 1.92 bits per heavy atom. The third-order valence-corrected chi connectivity index (χ3v) is 6.20. The first-order valence-corrected chi connectivity index (χ1v) is 9.04. The molecule has 0 aliphatic heterocycles. The summed E-state index contributed by atoms with van der Waals surface area (Å²) in [4.78, 5) is 3.61. The van der Waals surface area contributed by atoms with Crippen molar-refractivity contribution in [3.63, 3.8) is 0 Å². The van der Waals surface area contributed by atoms with Crippen LogP contribution in [0.5, 0.6) is 0 Å². The standard InChI is InChI=1S/C16H10FN3O2S2/c17-11-5-7-12(8-6-11)19-10-13(9-18)24(21,22)16-20-14-3-1-2-4-15(14)23-16/h1-8,10,19H/b13-10+. The highest BCUT2D eigenvalue weighted by atomic mass is 32.2. The number of halogens is 1. The third-order valence-electron chi connectivity index (χ3n) is 3.12. The average molecular weight is 359 g/mol. The van der Waals surface area contributed by atoms with Crippen LogP contribution in [-0.4, -0.2) is 13.4 Å². The molecule has 0 spiro atoms. The molecular formula is C16H10FN3O2S2. The summed E-state index contributed by atoms with van der Waals surface area (Å²) in [6.45, 7) is 0. The zero-order valence-electron chi connectivity index (χ0n) is 12.1. The topological polar surface area (TPSA) is 82.9 Å². The summed E-state index contributed by atoms with van der Waals surface area (Å²) < 4.78 is 38.6. The Morgan fingerprint density at radius 3 is 2.58 bits per heavy atom. The number of anilines is 1. The van der Waals surface area contributed by atoms with Gasteiger partial charge >= 0.3 is 0 Å². The van der Waals surface area contributed by atoms with Gasteiger partial charge in [0.25, 0.3) is 0 Å². The maximum absolute atomic E-state index is 12.9. The molecule has 1 heterocycles. The fraction of sp³-hybridized carbons (Fsp3) is 0. The maximum atomic E-state index is 12.9. The predicted molar refractivity (Wildman–Crippen MR) is 90.5 cm³/mol. The van der Waals surface area contributed by atoms with Gasteiger partial charge in [0.1, 0.15) is 11.9 Å². The van der Waals surface area contributed by atoms with E-state index < -0.39 is 20.6 Å². The Hall–Kier alpha value is -2.76. The normalized spacial score (nSPS) is 12.1. The molecule has 0 radical (unpaired) electrons. The third kappa shape index (κ3) is 3.13. The van der Waals surface area contributed by atoms with Gasteiger partial charge in [-0.3, -0.25) is 0 Å². The summed E-state index contributed by atoms with van der Waals surface area (Å²) in [6.07, 6.45) is 1.08. The van der Waals surface area contributed by atoms with E-state index in [1.807, 2.05) is 0 Å². The van der Waals surface area contributed by atoms with Gasteiger partial charge in [0.2, 0.25) is 14.2 Å². The van der Waals surface area contributed by atoms with E-state index in [9.17, 15) is 18.1 Å². The minimum atomic E-state index is -4.02. The molecule has 0 aliphatic carbocycles. The van der Waals surface area contributed by atoms with Crippen molar-refractivity contribution in [3.8, 4) is 6.07 Å². The number of benzene rings is 2. The fourth-order valence-corrected chi connectivity index (χ4v) is 4.34. The first-order chi connectivity index (χ1) is 11.5. The number of sulfone groups is 1. The van der Waals surface area contributed by atoms with Crippen molar-refractivity contribution in [3.05, 3.63) is 65.5 Å². The number of allylic oxidation sites excluding steroid dienone is 1. The van der Waals surface area contributed by atoms with Gasteiger partial charge < -0.3 is 5.32 Å². The average Bonchev–Trinajstić information content (AvgIpc) is 3.02. The van der Waals surface area contributed by atoms with E-state index in [0.717, 1.165) is 22.2 Å². The quantitative estimate of drug-likeness (QED) is 0.719. The monoisotopic (exact) mass is 359 g/mol. The summed E-state index contributed by atoms with van der Waals surface area (Å²) in [5.41, 5.74) is 1.02. The second-order valence-electron chi connectivity index (χ2n) is 4.72. The molecule has 0 saturated heterocycles. The van der Waals surface area contributed by atoms with Crippen LogP contribution in [0.15, 0.2) is 64.0 Å².